The number of ether oxygens (including phenoxy) is 2. The zero-order chi connectivity index (χ0) is 19.6. The molecule has 0 bridgehead atoms. The molecule has 1 aromatic carbocycles. The summed E-state index contributed by atoms with van der Waals surface area (Å²) < 4.78 is 11.8. The lowest BCUT2D eigenvalue weighted by atomic mass is 10.1. The van der Waals surface area contributed by atoms with E-state index in [1.165, 1.54) is 0 Å². The van der Waals surface area contributed by atoms with Gasteiger partial charge in [-0.3, -0.25) is 9.97 Å². The first-order valence-electron chi connectivity index (χ1n) is 9.40. The molecule has 0 spiro atoms. The minimum atomic E-state index is 0.595. The predicted octanol–water partition coefficient (Wildman–Crippen LogP) is 5.61. The molecule has 28 heavy (non-hydrogen) atoms. The molecule has 0 radical (unpaired) electrons. The van der Waals surface area contributed by atoms with E-state index in [-0.39, 0.29) is 0 Å². The third-order valence-corrected chi connectivity index (χ3v) is 4.06. The van der Waals surface area contributed by atoms with E-state index in [9.17, 15) is 0 Å². The molecule has 2 heterocycles. The van der Waals surface area contributed by atoms with Crippen LogP contribution in [0.15, 0.2) is 61.2 Å². The molecule has 2 aromatic heterocycles. The smallest absolute Gasteiger partial charge is 0.127 e. The Bertz CT molecular complexity index is 856. The van der Waals surface area contributed by atoms with E-state index >= 15 is 0 Å². The molecule has 3 aromatic rings. The fraction of sp³-hybridized carbons (Fsp3) is 0.167. The molecule has 0 aliphatic heterocycles. The van der Waals surface area contributed by atoms with E-state index in [0.717, 1.165) is 33.8 Å². The molecule has 0 fully saturated rings. The van der Waals surface area contributed by atoms with Gasteiger partial charge in [0.1, 0.15) is 11.5 Å². The summed E-state index contributed by atoms with van der Waals surface area (Å²) in [6.07, 6.45) is 15.3. The highest BCUT2D eigenvalue weighted by atomic mass is 16.5. The largest absolute Gasteiger partial charge is 0.493 e. The van der Waals surface area contributed by atoms with E-state index in [1.807, 2.05) is 74.5 Å². The Morgan fingerprint density at radius 1 is 0.643 bits per heavy atom. The summed E-state index contributed by atoms with van der Waals surface area (Å²) in [5, 5.41) is 0. The van der Waals surface area contributed by atoms with Crippen molar-refractivity contribution in [1.82, 2.24) is 9.97 Å². The molecule has 0 aliphatic carbocycles. The molecule has 4 nitrogen and oxygen atoms in total. The third-order valence-electron chi connectivity index (χ3n) is 4.06. The van der Waals surface area contributed by atoms with Gasteiger partial charge in [-0.25, -0.2) is 0 Å². The highest BCUT2D eigenvalue weighted by Crippen LogP contribution is 2.32. The molecule has 3 rings (SSSR count). The number of aromatic nitrogens is 2. The molecule has 4 heteroatoms. The van der Waals surface area contributed by atoms with Gasteiger partial charge >= 0.3 is 0 Å². The van der Waals surface area contributed by atoms with Gasteiger partial charge < -0.3 is 9.47 Å². The van der Waals surface area contributed by atoms with Crippen molar-refractivity contribution in [2.45, 2.75) is 13.8 Å². The highest BCUT2D eigenvalue weighted by Gasteiger charge is 2.09. The lowest BCUT2D eigenvalue weighted by Gasteiger charge is -2.13. The summed E-state index contributed by atoms with van der Waals surface area (Å²) in [4.78, 5) is 8.11. The first kappa shape index (κ1) is 19.4. The van der Waals surface area contributed by atoms with Crippen molar-refractivity contribution < 1.29 is 9.47 Å². The number of nitrogens with zero attached hydrogens (tertiary/aromatic N) is 2. The Balaban J connectivity index is 1.97. The second kappa shape index (κ2) is 10.1. The van der Waals surface area contributed by atoms with Crippen LogP contribution in [0.3, 0.4) is 0 Å². The Kier molecular flexibility index (Phi) is 6.96. The van der Waals surface area contributed by atoms with Crippen LogP contribution in [0.25, 0.3) is 24.3 Å². The van der Waals surface area contributed by atoms with Crippen LogP contribution in [-0.2, 0) is 0 Å². The minimum Gasteiger partial charge on any atom is -0.493 e. The zero-order valence-corrected chi connectivity index (χ0v) is 16.2. The van der Waals surface area contributed by atoms with Crippen LogP contribution >= 0.6 is 0 Å². The lowest BCUT2D eigenvalue weighted by Crippen LogP contribution is -1.99. The van der Waals surface area contributed by atoms with Crippen LogP contribution in [0.2, 0.25) is 0 Å². The average molecular weight is 372 g/mol. The van der Waals surface area contributed by atoms with Gasteiger partial charge in [-0.05, 0) is 61.4 Å². The van der Waals surface area contributed by atoms with Crippen molar-refractivity contribution in [3.63, 3.8) is 0 Å². The first-order chi connectivity index (χ1) is 13.8. The second-order valence-corrected chi connectivity index (χ2v) is 6.02. The number of pyridine rings is 2. The molecular weight excluding hydrogens is 348 g/mol. The molecule has 0 saturated heterocycles. The standard InChI is InChI=1S/C24H24N2O2/c1-3-27-23-17-22(8-6-20-11-15-26-16-12-20)24(28-4-2)18-21(23)7-5-19-9-13-25-14-10-19/h5-18H,3-4H2,1-2H3/b7-5+,8-6+. The fourth-order valence-corrected chi connectivity index (χ4v) is 2.73. The quantitative estimate of drug-likeness (QED) is 0.515. The van der Waals surface area contributed by atoms with Gasteiger partial charge in [-0.15, -0.1) is 0 Å². The van der Waals surface area contributed by atoms with Crippen LogP contribution in [0.4, 0.5) is 0 Å². The summed E-state index contributed by atoms with van der Waals surface area (Å²) in [6.45, 7) is 5.16. The Morgan fingerprint density at radius 3 is 1.39 bits per heavy atom. The topological polar surface area (TPSA) is 44.2 Å². The van der Waals surface area contributed by atoms with Crippen molar-refractivity contribution in [3.8, 4) is 11.5 Å². The molecular formula is C24H24N2O2. The second-order valence-electron chi connectivity index (χ2n) is 6.02. The summed E-state index contributed by atoms with van der Waals surface area (Å²) in [5.74, 6) is 1.65. The van der Waals surface area contributed by atoms with Gasteiger partial charge in [0.2, 0.25) is 0 Å². The molecule has 0 unspecified atom stereocenters. The minimum absolute atomic E-state index is 0.595. The van der Waals surface area contributed by atoms with Crippen LogP contribution < -0.4 is 9.47 Å². The van der Waals surface area contributed by atoms with Crippen LogP contribution in [0.1, 0.15) is 36.1 Å². The fourth-order valence-electron chi connectivity index (χ4n) is 2.73. The third kappa shape index (κ3) is 5.30. The summed E-state index contributed by atoms with van der Waals surface area (Å²) in [5.41, 5.74) is 4.11. The highest BCUT2D eigenvalue weighted by molar-refractivity contribution is 5.78. The van der Waals surface area contributed by atoms with E-state index in [4.69, 9.17) is 9.47 Å². The Hall–Kier alpha value is -3.40. The summed E-state index contributed by atoms with van der Waals surface area (Å²) >= 11 is 0. The van der Waals surface area contributed by atoms with Gasteiger partial charge in [0.15, 0.2) is 0 Å². The van der Waals surface area contributed by atoms with Crippen molar-refractivity contribution in [3.05, 3.63) is 83.4 Å². The van der Waals surface area contributed by atoms with Crippen LogP contribution in [0.5, 0.6) is 11.5 Å². The Labute approximate surface area is 166 Å². The molecule has 0 saturated carbocycles. The van der Waals surface area contributed by atoms with E-state index < -0.39 is 0 Å². The number of hydrogen-bond donors (Lipinski definition) is 0. The maximum absolute atomic E-state index is 5.89. The average Bonchev–Trinajstić information content (AvgIpc) is 2.74. The van der Waals surface area contributed by atoms with Crippen molar-refractivity contribution >= 4 is 24.3 Å². The number of hydrogen-bond acceptors (Lipinski definition) is 4. The van der Waals surface area contributed by atoms with Gasteiger partial charge in [0.25, 0.3) is 0 Å². The van der Waals surface area contributed by atoms with E-state index in [1.54, 1.807) is 24.8 Å². The van der Waals surface area contributed by atoms with E-state index in [2.05, 4.69) is 9.97 Å². The van der Waals surface area contributed by atoms with Crippen LogP contribution in [-0.4, -0.2) is 23.2 Å². The molecule has 0 N–H and O–H groups in total. The predicted molar refractivity (Wildman–Crippen MR) is 115 cm³/mol. The zero-order valence-electron chi connectivity index (χ0n) is 16.2. The lowest BCUT2D eigenvalue weighted by molar-refractivity contribution is 0.329. The molecule has 0 aliphatic rings. The van der Waals surface area contributed by atoms with Crippen molar-refractivity contribution in [2.75, 3.05) is 13.2 Å². The summed E-state index contributed by atoms with van der Waals surface area (Å²) in [7, 11) is 0. The van der Waals surface area contributed by atoms with Crippen molar-refractivity contribution in [2.24, 2.45) is 0 Å². The Morgan fingerprint density at radius 2 is 1.04 bits per heavy atom. The van der Waals surface area contributed by atoms with Gasteiger partial charge in [-0.1, -0.05) is 24.3 Å². The van der Waals surface area contributed by atoms with Gasteiger partial charge in [0.05, 0.1) is 13.2 Å². The maximum Gasteiger partial charge on any atom is 0.127 e. The first-order valence-corrected chi connectivity index (χ1v) is 9.40. The summed E-state index contributed by atoms with van der Waals surface area (Å²) in [6, 6.07) is 11.9. The van der Waals surface area contributed by atoms with E-state index in [0.29, 0.717) is 13.2 Å². The van der Waals surface area contributed by atoms with Gasteiger partial charge in [-0.2, -0.15) is 0 Å². The SMILES string of the molecule is CCOc1cc(/C=C/c2ccncc2)c(OCC)cc1/C=C/c1ccncc1. The van der Waals surface area contributed by atoms with Crippen molar-refractivity contribution in [1.29, 1.82) is 0 Å². The monoisotopic (exact) mass is 372 g/mol. The van der Waals surface area contributed by atoms with Crippen LogP contribution in [0, 0.1) is 0 Å². The normalized spacial score (nSPS) is 11.2. The molecule has 0 atom stereocenters. The van der Waals surface area contributed by atoms with Gasteiger partial charge in [0, 0.05) is 35.9 Å². The molecule has 142 valence electrons. The number of rotatable bonds is 8. The molecule has 0 amide bonds. The number of benzene rings is 1. The maximum atomic E-state index is 5.89.